The predicted octanol–water partition coefficient (Wildman–Crippen LogP) is 0.379. The van der Waals surface area contributed by atoms with E-state index in [4.69, 9.17) is 5.73 Å². The van der Waals surface area contributed by atoms with Crippen LogP contribution in [0.15, 0.2) is 0 Å². The van der Waals surface area contributed by atoms with E-state index >= 15 is 0 Å². The van der Waals surface area contributed by atoms with Crippen LogP contribution in [0.3, 0.4) is 0 Å². The number of primary amides is 1. The number of rotatable bonds is 7. The van der Waals surface area contributed by atoms with Gasteiger partial charge >= 0.3 is 0 Å². The van der Waals surface area contributed by atoms with Crippen molar-refractivity contribution in [1.82, 2.24) is 24.6 Å². The Balaban J connectivity index is 1.70. The Labute approximate surface area is 148 Å². The maximum atomic E-state index is 12.2. The van der Waals surface area contributed by atoms with Gasteiger partial charge in [-0.05, 0) is 25.7 Å². The molecule has 2 heterocycles. The monoisotopic (exact) mass is 348 g/mol. The van der Waals surface area contributed by atoms with Crippen molar-refractivity contribution < 1.29 is 9.59 Å². The van der Waals surface area contributed by atoms with Crippen molar-refractivity contribution in [1.29, 1.82) is 0 Å². The highest BCUT2D eigenvalue weighted by Gasteiger charge is 2.35. The van der Waals surface area contributed by atoms with E-state index < -0.39 is 0 Å². The van der Waals surface area contributed by atoms with Gasteiger partial charge in [0, 0.05) is 39.0 Å². The van der Waals surface area contributed by atoms with E-state index in [0.717, 1.165) is 24.6 Å². The lowest BCUT2D eigenvalue weighted by molar-refractivity contribution is -0.131. The molecule has 0 spiro atoms. The topological polar surface area (TPSA) is 97.3 Å². The van der Waals surface area contributed by atoms with Gasteiger partial charge in [-0.25, -0.2) is 0 Å². The SMILES string of the molecule is CC[C@@H](C(N)=O)N1CC[C@@H](N(Cc2nnc(C3CC3)n2C)C(C)=O)C1. The van der Waals surface area contributed by atoms with Crippen LogP contribution in [-0.2, 0) is 23.2 Å². The van der Waals surface area contributed by atoms with Gasteiger partial charge in [0.1, 0.15) is 5.82 Å². The van der Waals surface area contributed by atoms with Crippen LogP contribution in [0.4, 0.5) is 0 Å². The summed E-state index contributed by atoms with van der Waals surface area (Å²) in [5.41, 5.74) is 5.51. The second-order valence-electron chi connectivity index (χ2n) is 7.22. The van der Waals surface area contributed by atoms with Crippen molar-refractivity contribution >= 4 is 11.8 Å². The third kappa shape index (κ3) is 3.68. The van der Waals surface area contributed by atoms with Gasteiger partial charge in [-0.1, -0.05) is 6.92 Å². The predicted molar refractivity (Wildman–Crippen MR) is 92.5 cm³/mol. The fourth-order valence-corrected chi connectivity index (χ4v) is 3.80. The number of hydrogen-bond donors (Lipinski definition) is 1. The molecule has 2 aliphatic rings. The van der Waals surface area contributed by atoms with Crippen molar-refractivity contribution in [3.05, 3.63) is 11.6 Å². The minimum Gasteiger partial charge on any atom is -0.368 e. The zero-order valence-corrected chi connectivity index (χ0v) is 15.3. The molecule has 1 aliphatic carbocycles. The van der Waals surface area contributed by atoms with Gasteiger partial charge in [0.05, 0.1) is 12.6 Å². The summed E-state index contributed by atoms with van der Waals surface area (Å²) >= 11 is 0. The molecule has 0 radical (unpaired) electrons. The summed E-state index contributed by atoms with van der Waals surface area (Å²) in [5, 5.41) is 8.60. The molecule has 3 rings (SSSR count). The molecule has 1 aromatic heterocycles. The summed E-state index contributed by atoms with van der Waals surface area (Å²) in [6.45, 7) is 5.46. The minimum atomic E-state index is -0.292. The van der Waals surface area contributed by atoms with Gasteiger partial charge in [0.25, 0.3) is 0 Å². The molecule has 8 nitrogen and oxygen atoms in total. The van der Waals surface area contributed by atoms with Gasteiger partial charge < -0.3 is 15.2 Å². The first kappa shape index (κ1) is 17.8. The van der Waals surface area contributed by atoms with E-state index in [1.807, 2.05) is 23.4 Å². The summed E-state index contributed by atoms with van der Waals surface area (Å²) in [4.78, 5) is 27.8. The first-order chi connectivity index (χ1) is 11.9. The lowest BCUT2D eigenvalue weighted by Crippen LogP contribution is -2.46. The number of aromatic nitrogens is 3. The third-order valence-electron chi connectivity index (χ3n) is 5.45. The Morgan fingerprint density at radius 1 is 1.32 bits per heavy atom. The summed E-state index contributed by atoms with van der Waals surface area (Å²) < 4.78 is 2.03. The fourth-order valence-electron chi connectivity index (χ4n) is 3.80. The number of carbonyl (C=O) groups is 2. The fraction of sp³-hybridized carbons (Fsp3) is 0.765. The maximum absolute atomic E-state index is 12.2. The van der Waals surface area contributed by atoms with Gasteiger partial charge in [0.2, 0.25) is 11.8 Å². The molecule has 2 amide bonds. The Morgan fingerprint density at radius 2 is 2.04 bits per heavy atom. The standard InChI is InChI=1S/C17H28N6O2/c1-4-14(16(18)25)22-8-7-13(9-22)23(11(2)24)10-15-19-20-17(21(15)3)12-5-6-12/h12-14H,4-10H2,1-3H3,(H2,18,25)/t13-,14+/m1/s1. The molecule has 2 N–H and O–H groups in total. The van der Waals surface area contributed by atoms with Crippen LogP contribution >= 0.6 is 0 Å². The molecule has 138 valence electrons. The van der Waals surface area contributed by atoms with Crippen molar-refractivity contribution in [3.63, 3.8) is 0 Å². The Bertz CT molecular complexity index is 654. The van der Waals surface area contributed by atoms with E-state index in [2.05, 4.69) is 15.1 Å². The number of nitrogens with two attached hydrogens (primary N) is 1. The van der Waals surface area contributed by atoms with Crippen LogP contribution in [0.1, 0.15) is 57.1 Å². The van der Waals surface area contributed by atoms with E-state index in [-0.39, 0.29) is 23.9 Å². The number of likely N-dealkylation sites (tertiary alicyclic amines) is 1. The highest BCUT2D eigenvalue weighted by atomic mass is 16.2. The zero-order chi connectivity index (χ0) is 18.1. The molecule has 1 aromatic rings. The summed E-state index contributed by atoms with van der Waals surface area (Å²) in [7, 11) is 1.97. The normalized spacial score (nSPS) is 22.1. The average Bonchev–Trinajstić information content (AvgIpc) is 3.17. The van der Waals surface area contributed by atoms with Crippen LogP contribution in [-0.4, -0.2) is 61.6 Å². The van der Waals surface area contributed by atoms with E-state index in [1.54, 1.807) is 6.92 Å². The Hall–Kier alpha value is -1.96. The van der Waals surface area contributed by atoms with E-state index in [0.29, 0.717) is 25.4 Å². The molecular formula is C17H28N6O2. The maximum Gasteiger partial charge on any atom is 0.234 e. The smallest absolute Gasteiger partial charge is 0.234 e. The molecule has 1 saturated carbocycles. The lowest BCUT2D eigenvalue weighted by Gasteiger charge is -2.29. The van der Waals surface area contributed by atoms with Crippen LogP contribution < -0.4 is 5.73 Å². The number of nitrogens with zero attached hydrogens (tertiary/aromatic N) is 5. The number of amides is 2. The van der Waals surface area contributed by atoms with Crippen LogP contribution in [0, 0.1) is 0 Å². The molecule has 8 heteroatoms. The molecule has 0 bridgehead atoms. The summed E-state index contributed by atoms with van der Waals surface area (Å²) in [5.74, 6) is 2.10. The molecule has 1 aliphatic heterocycles. The molecule has 2 atom stereocenters. The van der Waals surface area contributed by atoms with Gasteiger partial charge in [-0.2, -0.15) is 0 Å². The number of hydrogen-bond acceptors (Lipinski definition) is 5. The second kappa shape index (κ2) is 7.11. The first-order valence-electron chi connectivity index (χ1n) is 9.11. The molecule has 0 aromatic carbocycles. The average molecular weight is 348 g/mol. The summed E-state index contributed by atoms with van der Waals surface area (Å²) in [6, 6.07) is -0.179. The Morgan fingerprint density at radius 3 is 2.60 bits per heavy atom. The van der Waals surface area contributed by atoms with Crippen molar-refractivity contribution in [2.24, 2.45) is 12.8 Å². The van der Waals surface area contributed by atoms with Crippen molar-refractivity contribution in [2.75, 3.05) is 13.1 Å². The highest BCUT2D eigenvalue weighted by molar-refractivity contribution is 5.79. The van der Waals surface area contributed by atoms with Gasteiger partial charge in [-0.15, -0.1) is 10.2 Å². The van der Waals surface area contributed by atoms with Crippen LogP contribution in [0.5, 0.6) is 0 Å². The van der Waals surface area contributed by atoms with Crippen LogP contribution in [0.2, 0.25) is 0 Å². The van der Waals surface area contributed by atoms with Gasteiger partial charge in [0.15, 0.2) is 5.82 Å². The third-order valence-corrected chi connectivity index (χ3v) is 5.45. The Kier molecular flexibility index (Phi) is 5.08. The van der Waals surface area contributed by atoms with Crippen LogP contribution in [0.25, 0.3) is 0 Å². The number of carbonyl (C=O) groups excluding carboxylic acids is 2. The molecule has 25 heavy (non-hydrogen) atoms. The highest BCUT2D eigenvalue weighted by Crippen LogP contribution is 2.38. The zero-order valence-electron chi connectivity index (χ0n) is 15.3. The van der Waals surface area contributed by atoms with Gasteiger partial charge in [-0.3, -0.25) is 14.5 Å². The van der Waals surface area contributed by atoms with Crippen molar-refractivity contribution in [2.45, 2.75) is 64.1 Å². The molecule has 0 unspecified atom stereocenters. The van der Waals surface area contributed by atoms with Crippen molar-refractivity contribution in [3.8, 4) is 0 Å². The summed E-state index contributed by atoms with van der Waals surface area (Å²) in [6.07, 6.45) is 3.88. The molecule has 1 saturated heterocycles. The lowest BCUT2D eigenvalue weighted by atomic mass is 10.2. The quantitative estimate of drug-likeness (QED) is 0.768. The molecular weight excluding hydrogens is 320 g/mol. The van der Waals surface area contributed by atoms with E-state index in [9.17, 15) is 9.59 Å². The van der Waals surface area contributed by atoms with E-state index in [1.165, 1.54) is 12.8 Å². The second-order valence-corrected chi connectivity index (χ2v) is 7.22. The molecule has 2 fully saturated rings. The minimum absolute atomic E-state index is 0.0231. The first-order valence-corrected chi connectivity index (χ1v) is 9.11. The largest absolute Gasteiger partial charge is 0.368 e.